The average molecular weight is 1520 g/mol. The molecule has 0 spiro atoms. The van der Waals surface area contributed by atoms with Gasteiger partial charge in [-0.15, -0.1) is 0 Å². The van der Waals surface area contributed by atoms with Crippen LogP contribution in [0.25, 0.3) is 0 Å². The van der Waals surface area contributed by atoms with Crippen LogP contribution in [0.1, 0.15) is 158 Å². The van der Waals surface area contributed by atoms with E-state index in [2.05, 4.69) is 89.2 Å². The second-order valence-electron chi connectivity index (χ2n) is 27.3. The van der Waals surface area contributed by atoms with Crippen molar-refractivity contribution in [3.8, 4) is 0 Å². The minimum Gasteiger partial charge on any atom is -0.388 e. The number of amides is 5. The zero-order chi connectivity index (χ0) is 83.5. The summed E-state index contributed by atoms with van der Waals surface area (Å²) in [6.45, 7) is 27.0. The lowest BCUT2D eigenvalue weighted by atomic mass is 10.1. The number of carbonyl (C=O) groups is 10. The Morgan fingerprint density at radius 3 is 0.882 bits per heavy atom. The Labute approximate surface area is 654 Å². The summed E-state index contributed by atoms with van der Waals surface area (Å²) < 4.78 is 9.91. The van der Waals surface area contributed by atoms with Gasteiger partial charge in [-0.2, -0.15) is 0 Å². The highest BCUT2D eigenvalue weighted by Gasteiger charge is 2.14. The molecule has 0 aliphatic heterocycles. The number of nitrogens with zero attached hydrogens (tertiary/aromatic N) is 4. The molecule has 0 fully saturated rings. The number of Topliss-reactive ketones (excluding diaryl/α,β-unsaturated/α-hetero) is 5. The van der Waals surface area contributed by atoms with Gasteiger partial charge in [-0.1, -0.05) is 52.0 Å². The van der Waals surface area contributed by atoms with Crippen molar-refractivity contribution in [2.75, 3.05) is 155 Å². The van der Waals surface area contributed by atoms with E-state index < -0.39 is 0 Å². The highest BCUT2D eigenvalue weighted by atomic mass is 16.5. The van der Waals surface area contributed by atoms with Gasteiger partial charge in [-0.05, 0) is 236 Å². The molecule has 0 aromatic heterocycles. The SMILES string of the molecule is CC(=O)CCNC(=O)c1cc(N(C)C)cc(N(C)C)c1.CC(=O)COCC(=O)Nc1cc(C)cc(C)c1.CC(=O)Nc1cc(C)cc(C)c1.CC(=O)c1cc(N(C)C)cc(N(C)C)c1.CCc1cc(CC)cc(NC(=O)COCC(C)=O)c1.CCc1cc(CC)cc(NC(C)=O)c1.CNc1cc(NC)cc(C(C)=O)c1. The molecule has 0 unspecified atom stereocenters. The van der Waals surface area contributed by atoms with E-state index in [0.717, 1.165) is 105 Å². The van der Waals surface area contributed by atoms with Crippen LogP contribution in [0.4, 0.5) is 56.9 Å². The number of hydrogen-bond donors (Lipinski definition) is 7. The van der Waals surface area contributed by atoms with Gasteiger partial charge in [-0.3, -0.25) is 47.9 Å². The molecular formula is C87H123N11O12. The molecule has 0 aliphatic rings. The van der Waals surface area contributed by atoms with E-state index in [4.69, 9.17) is 9.47 Å². The molecule has 7 aromatic carbocycles. The van der Waals surface area contributed by atoms with Gasteiger partial charge in [0.15, 0.2) is 23.1 Å². The number of benzene rings is 7. The van der Waals surface area contributed by atoms with Crippen molar-refractivity contribution in [1.29, 1.82) is 0 Å². The molecule has 7 aromatic rings. The average Bonchev–Trinajstić information content (AvgIpc) is 0.839. The summed E-state index contributed by atoms with van der Waals surface area (Å²) in [6.07, 6.45) is 4.22. The van der Waals surface area contributed by atoms with E-state index in [-0.39, 0.29) is 84.9 Å². The Kier molecular flexibility index (Phi) is 45.2. The van der Waals surface area contributed by atoms with Crippen molar-refractivity contribution in [2.24, 2.45) is 0 Å². The largest absolute Gasteiger partial charge is 0.388 e. The molecule has 0 aliphatic carbocycles. The maximum Gasteiger partial charge on any atom is 0.251 e. The van der Waals surface area contributed by atoms with Crippen LogP contribution in [0.3, 0.4) is 0 Å². The van der Waals surface area contributed by atoms with Crippen molar-refractivity contribution in [3.05, 3.63) is 189 Å². The first-order chi connectivity index (χ1) is 51.6. The van der Waals surface area contributed by atoms with Crippen molar-refractivity contribution < 1.29 is 57.4 Å². The van der Waals surface area contributed by atoms with E-state index in [1.54, 1.807) is 13.8 Å². The summed E-state index contributed by atoms with van der Waals surface area (Å²) in [5, 5.41) is 19.8. The highest BCUT2D eigenvalue weighted by Crippen LogP contribution is 2.26. The number of carbonyl (C=O) groups excluding carboxylic acids is 10. The van der Waals surface area contributed by atoms with Crippen LogP contribution in [0.5, 0.6) is 0 Å². The van der Waals surface area contributed by atoms with Crippen LogP contribution in [0.2, 0.25) is 0 Å². The van der Waals surface area contributed by atoms with Crippen molar-refractivity contribution in [1.82, 2.24) is 5.32 Å². The predicted molar refractivity (Wildman–Crippen MR) is 454 cm³/mol. The molecule has 5 amide bonds. The van der Waals surface area contributed by atoms with Gasteiger partial charge < -0.3 is 66.3 Å². The van der Waals surface area contributed by atoms with Crippen LogP contribution in [-0.2, 0) is 68.7 Å². The van der Waals surface area contributed by atoms with E-state index in [9.17, 15) is 47.9 Å². The first kappa shape index (κ1) is 97.0. The number of aryl methyl sites for hydroxylation is 8. The summed E-state index contributed by atoms with van der Waals surface area (Å²) in [5.74, 6) is -0.624. The van der Waals surface area contributed by atoms with Crippen LogP contribution < -0.4 is 56.8 Å². The van der Waals surface area contributed by atoms with Gasteiger partial charge in [0.2, 0.25) is 23.6 Å². The normalized spacial score (nSPS) is 9.94. The molecule has 598 valence electrons. The lowest BCUT2D eigenvalue weighted by Crippen LogP contribution is -2.26. The molecule has 23 nitrogen and oxygen atoms in total. The monoisotopic (exact) mass is 1510 g/mol. The molecule has 0 saturated carbocycles. The number of ketones is 5. The number of anilines is 10. The highest BCUT2D eigenvalue weighted by molar-refractivity contribution is 5.98. The fourth-order valence-electron chi connectivity index (χ4n) is 10.1. The van der Waals surface area contributed by atoms with Crippen LogP contribution >= 0.6 is 0 Å². The molecule has 7 rings (SSSR count). The maximum absolute atomic E-state index is 12.1. The summed E-state index contributed by atoms with van der Waals surface area (Å²) in [7, 11) is 19.3. The van der Waals surface area contributed by atoms with Crippen molar-refractivity contribution >= 4 is 115 Å². The van der Waals surface area contributed by atoms with Crippen LogP contribution in [0.15, 0.2) is 127 Å². The van der Waals surface area contributed by atoms with E-state index in [1.807, 2.05) is 221 Å². The number of nitrogens with one attached hydrogen (secondary N) is 7. The first-order valence-corrected chi connectivity index (χ1v) is 36.7. The van der Waals surface area contributed by atoms with Crippen LogP contribution in [-0.4, -0.2) is 162 Å². The predicted octanol–water partition coefficient (Wildman–Crippen LogP) is 14.8. The molecule has 0 saturated heterocycles. The van der Waals surface area contributed by atoms with E-state index in [1.165, 1.54) is 68.0 Å². The Balaban J connectivity index is 0.000000646. The Morgan fingerprint density at radius 1 is 0.318 bits per heavy atom. The van der Waals surface area contributed by atoms with Crippen molar-refractivity contribution in [2.45, 2.75) is 136 Å². The number of hydrogen-bond acceptors (Lipinski definition) is 18. The summed E-state index contributed by atoms with van der Waals surface area (Å²) in [4.78, 5) is 119. The van der Waals surface area contributed by atoms with E-state index in [0.29, 0.717) is 18.5 Å². The molecule has 0 atom stereocenters. The summed E-state index contributed by atoms with van der Waals surface area (Å²) in [5.41, 5.74) is 20.7. The Hall–Kier alpha value is -11.0. The zero-order valence-corrected chi connectivity index (χ0v) is 69.9. The van der Waals surface area contributed by atoms with Gasteiger partial charge in [-0.25, -0.2) is 0 Å². The smallest absolute Gasteiger partial charge is 0.251 e. The molecule has 0 heterocycles. The number of rotatable bonds is 28. The lowest BCUT2D eigenvalue weighted by Gasteiger charge is -2.19. The van der Waals surface area contributed by atoms with Gasteiger partial charge in [0.05, 0.1) is 0 Å². The zero-order valence-electron chi connectivity index (χ0n) is 69.9. The van der Waals surface area contributed by atoms with Gasteiger partial charge in [0.25, 0.3) is 5.91 Å². The van der Waals surface area contributed by atoms with Crippen LogP contribution in [0, 0.1) is 27.7 Å². The Morgan fingerprint density at radius 2 is 0.609 bits per heavy atom. The summed E-state index contributed by atoms with van der Waals surface area (Å²) in [6, 6.07) is 41.3. The van der Waals surface area contributed by atoms with Gasteiger partial charge in [0.1, 0.15) is 32.2 Å². The van der Waals surface area contributed by atoms with Gasteiger partial charge in [0, 0.05) is 171 Å². The third-order valence-corrected chi connectivity index (χ3v) is 15.7. The first-order valence-electron chi connectivity index (χ1n) is 36.7. The van der Waals surface area contributed by atoms with Crippen molar-refractivity contribution in [3.63, 3.8) is 0 Å². The molecule has 23 heteroatoms. The fraction of sp³-hybridized carbons (Fsp3) is 0.402. The fourth-order valence-corrected chi connectivity index (χ4v) is 10.1. The topological polar surface area (TPSA) is 286 Å². The Bertz CT molecular complexity index is 4020. The number of ether oxygens (including phenoxy) is 2. The van der Waals surface area contributed by atoms with E-state index >= 15 is 0 Å². The minimum absolute atomic E-state index is 0.0136. The quantitative estimate of drug-likeness (QED) is 0.0224. The second kappa shape index (κ2) is 51.3. The third kappa shape index (κ3) is 41.3. The molecule has 0 bridgehead atoms. The molecular weight excluding hydrogens is 1390 g/mol. The maximum atomic E-state index is 12.1. The standard InChI is InChI=1S/C15H23N3O2.C15H21NO3.C13H17NO3.C12H18N2O.C12H17NO.C10H14N2O.C10H13NO/c1-11(19)6-7-16-15(20)12-8-13(17(2)3)10-14(9-12)18(4)5;1-4-12-6-13(5-2)8-14(7-12)16-15(18)10-19-9-11(3)17;1-9-4-10(2)6-12(5-9)14-13(16)8-17-7-11(3)15;1-9(15)10-6-11(13(2)3)8-12(7-10)14(4)5;1-4-10-6-11(5-2)8-12(7-10)13-9(3)14;1-7(13)8-4-9(11-2)6-10(5-8)12-3;1-7-4-8(2)6-10(5-7)11-9(3)12/h8-10H,6-7H2,1-5H3,(H,16,20);6-8H,4-5,9-10H2,1-3H3,(H,16,18);4-6H,7-8H2,1-3H3,(H,14,16);6-8H,1-5H3;6-8H,4-5H2,1-3H3,(H,13,14);4-6,11-12H,1-3H3;4-6H,1-3H3,(H,11,12). The second-order valence-corrected chi connectivity index (χ2v) is 27.3. The molecule has 7 N–H and O–H groups in total. The minimum atomic E-state index is -0.253. The lowest BCUT2D eigenvalue weighted by molar-refractivity contribution is -0.127. The van der Waals surface area contributed by atoms with Gasteiger partial charge >= 0.3 is 0 Å². The summed E-state index contributed by atoms with van der Waals surface area (Å²) >= 11 is 0. The molecule has 0 radical (unpaired) electrons. The third-order valence-electron chi connectivity index (χ3n) is 15.7. The molecule has 110 heavy (non-hydrogen) atoms.